The lowest BCUT2D eigenvalue weighted by Crippen LogP contribution is -2.39. The van der Waals surface area contributed by atoms with E-state index in [9.17, 15) is 0 Å². The molecule has 3 heteroatoms. The van der Waals surface area contributed by atoms with E-state index < -0.39 is 0 Å². The predicted octanol–water partition coefficient (Wildman–Crippen LogP) is 2.39. The quantitative estimate of drug-likeness (QED) is 0.739. The van der Waals surface area contributed by atoms with E-state index >= 15 is 0 Å². The largest absolute Gasteiger partial charge is 0.305 e. The van der Waals surface area contributed by atoms with E-state index in [-0.39, 0.29) is 6.04 Å². The van der Waals surface area contributed by atoms with Crippen LogP contribution in [0.2, 0.25) is 0 Å². The van der Waals surface area contributed by atoms with Gasteiger partial charge in [0.2, 0.25) is 0 Å². The Bertz CT molecular complexity index is 238. The lowest BCUT2D eigenvalue weighted by molar-refractivity contribution is 0.172. The average Bonchev–Trinajstić information content (AvgIpc) is 2.81. The fraction of sp³-hybridized carbons (Fsp3) is 0.929. The molecule has 0 aliphatic heterocycles. The van der Waals surface area contributed by atoms with Gasteiger partial charge in [-0.2, -0.15) is 5.26 Å². The van der Waals surface area contributed by atoms with Crippen molar-refractivity contribution in [3.63, 3.8) is 0 Å². The molecule has 0 spiro atoms. The molecule has 1 aliphatic carbocycles. The Hall–Kier alpha value is -0.590. The van der Waals surface area contributed by atoms with E-state index in [1.807, 2.05) is 7.05 Å². The van der Waals surface area contributed by atoms with Crippen LogP contribution in [0.25, 0.3) is 0 Å². The van der Waals surface area contributed by atoms with Gasteiger partial charge in [-0.15, -0.1) is 0 Å². The first-order valence-corrected chi connectivity index (χ1v) is 6.98. The molecule has 17 heavy (non-hydrogen) atoms. The van der Waals surface area contributed by atoms with Crippen LogP contribution in [-0.4, -0.2) is 37.1 Å². The molecule has 1 N–H and O–H groups in total. The second-order valence-corrected chi connectivity index (χ2v) is 5.59. The SMILES string of the molecule is CNC(C#N)CCN(CC(C)C)C1CCCC1. The molecule has 0 bridgehead atoms. The molecule has 0 radical (unpaired) electrons. The molecule has 0 saturated heterocycles. The third kappa shape index (κ3) is 5.06. The van der Waals surface area contributed by atoms with Gasteiger partial charge in [0.05, 0.1) is 12.1 Å². The molecule has 1 unspecified atom stereocenters. The number of nitriles is 1. The van der Waals surface area contributed by atoms with Gasteiger partial charge in [-0.25, -0.2) is 0 Å². The predicted molar refractivity (Wildman–Crippen MR) is 71.7 cm³/mol. The molecule has 0 aromatic rings. The molecule has 1 atom stereocenters. The first kappa shape index (κ1) is 14.5. The Morgan fingerprint density at radius 1 is 1.35 bits per heavy atom. The minimum atomic E-state index is 0.00562. The molecule has 3 nitrogen and oxygen atoms in total. The molecule has 98 valence electrons. The van der Waals surface area contributed by atoms with Crippen LogP contribution in [-0.2, 0) is 0 Å². The topological polar surface area (TPSA) is 39.1 Å². The Morgan fingerprint density at radius 2 is 2.00 bits per heavy atom. The van der Waals surface area contributed by atoms with Crippen molar-refractivity contribution in [2.45, 2.75) is 58.0 Å². The third-order valence-corrected chi connectivity index (χ3v) is 3.65. The third-order valence-electron chi connectivity index (χ3n) is 3.65. The second kappa shape index (κ2) is 7.68. The molecule has 1 saturated carbocycles. The number of rotatable bonds is 7. The summed E-state index contributed by atoms with van der Waals surface area (Å²) in [6, 6.07) is 3.09. The van der Waals surface area contributed by atoms with Crippen molar-refractivity contribution >= 4 is 0 Å². The fourth-order valence-electron chi connectivity index (χ4n) is 2.73. The van der Waals surface area contributed by atoms with Crippen molar-refractivity contribution in [2.24, 2.45) is 5.92 Å². The normalized spacial score (nSPS) is 18.8. The van der Waals surface area contributed by atoms with Gasteiger partial charge < -0.3 is 10.2 Å². The van der Waals surface area contributed by atoms with Crippen molar-refractivity contribution in [3.8, 4) is 6.07 Å². The van der Waals surface area contributed by atoms with Crippen molar-refractivity contribution in [1.29, 1.82) is 5.26 Å². The van der Waals surface area contributed by atoms with E-state index in [0.717, 1.165) is 19.0 Å². The van der Waals surface area contributed by atoms with Crippen molar-refractivity contribution in [3.05, 3.63) is 0 Å². The van der Waals surface area contributed by atoms with Crippen LogP contribution in [0.15, 0.2) is 0 Å². The highest BCUT2D eigenvalue weighted by molar-refractivity contribution is 4.90. The molecule has 1 rings (SSSR count). The van der Waals surface area contributed by atoms with E-state index in [1.165, 1.54) is 32.2 Å². The van der Waals surface area contributed by atoms with Gasteiger partial charge in [0, 0.05) is 19.1 Å². The highest BCUT2D eigenvalue weighted by Gasteiger charge is 2.23. The zero-order chi connectivity index (χ0) is 12.7. The zero-order valence-corrected chi connectivity index (χ0v) is 11.6. The lowest BCUT2D eigenvalue weighted by Gasteiger charge is -2.31. The summed E-state index contributed by atoms with van der Waals surface area (Å²) in [6.07, 6.45) is 6.41. The summed E-state index contributed by atoms with van der Waals surface area (Å²) in [5, 5.41) is 12.0. The standard InChI is InChI=1S/C14H27N3/c1-12(2)11-17(14-6-4-5-7-14)9-8-13(10-15)16-3/h12-14,16H,4-9,11H2,1-3H3. The smallest absolute Gasteiger partial charge is 0.0962 e. The highest BCUT2D eigenvalue weighted by Crippen LogP contribution is 2.24. The van der Waals surface area contributed by atoms with E-state index in [1.54, 1.807) is 0 Å². The maximum atomic E-state index is 8.96. The van der Waals surface area contributed by atoms with Crippen LogP contribution in [0.4, 0.5) is 0 Å². The highest BCUT2D eigenvalue weighted by atomic mass is 15.2. The average molecular weight is 237 g/mol. The van der Waals surface area contributed by atoms with Crippen LogP contribution in [0.5, 0.6) is 0 Å². The molecular formula is C14H27N3. The minimum Gasteiger partial charge on any atom is -0.305 e. The first-order chi connectivity index (χ1) is 8.17. The van der Waals surface area contributed by atoms with Gasteiger partial charge in [-0.3, -0.25) is 0 Å². The van der Waals surface area contributed by atoms with Crippen molar-refractivity contribution in [1.82, 2.24) is 10.2 Å². The number of hydrogen-bond acceptors (Lipinski definition) is 3. The van der Waals surface area contributed by atoms with Crippen LogP contribution in [0.1, 0.15) is 46.0 Å². The van der Waals surface area contributed by atoms with Crippen LogP contribution in [0, 0.1) is 17.2 Å². The maximum absolute atomic E-state index is 8.96. The van der Waals surface area contributed by atoms with E-state index in [0.29, 0.717) is 5.92 Å². The summed E-state index contributed by atoms with van der Waals surface area (Å²) in [4.78, 5) is 2.61. The molecule has 0 amide bonds. The summed E-state index contributed by atoms with van der Waals surface area (Å²) in [5.74, 6) is 0.714. The first-order valence-electron chi connectivity index (χ1n) is 6.98. The number of nitrogens with zero attached hydrogens (tertiary/aromatic N) is 2. The van der Waals surface area contributed by atoms with E-state index in [2.05, 4.69) is 30.1 Å². The molecule has 0 aromatic heterocycles. The molecule has 0 aromatic carbocycles. The summed E-state index contributed by atoms with van der Waals surface area (Å²) < 4.78 is 0. The summed E-state index contributed by atoms with van der Waals surface area (Å²) in [6.45, 7) is 6.79. The fourth-order valence-corrected chi connectivity index (χ4v) is 2.73. The van der Waals surface area contributed by atoms with Gasteiger partial charge in [0.15, 0.2) is 0 Å². The van der Waals surface area contributed by atoms with Crippen molar-refractivity contribution in [2.75, 3.05) is 20.1 Å². The summed E-state index contributed by atoms with van der Waals surface area (Å²) >= 11 is 0. The Balaban J connectivity index is 2.42. The Kier molecular flexibility index (Phi) is 6.54. The van der Waals surface area contributed by atoms with Crippen molar-refractivity contribution < 1.29 is 0 Å². The Morgan fingerprint density at radius 3 is 2.47 bits per heavy atom. The lowest BCUT2D eigenvalue weighted by atomic mass is 10.1. The summed E-state index contributed by atoms with van der Waals surface area (Å²) in [7, 11) is 1.87. The summed E-state index contributed by atoms with van der Waals surface area (Å²) in [5.41, 5.74) is 0. The number of nitrogens with one attached hydrogen (secondary N) is 1. The number of hydrogen-bond donors (Lipinski definition) is 1. The molecule has 1 aliphatic rings. The molecule has 1 fully saturated rings. The minimum absolute atomic E-state index is 0.00562. The Labute approximate surface area is 106 Å². The van der Waals surface area contributed by atoms with E-state index in [4.69, 9.17) is 5.26 Å². The van der Waals surface area contributed by atoms with Gasteiger partial charge in [0.25, 0.3) is 0 Å². The van der Waals surface area contributed by atoms with Crippen LogP contribution < -0.4 is 5.32 Å². The van der Waals surface area contributed by atoms with Gasteiger partial charge in [-0.1, -0.05) is 26.7 Å². The molecular weight excluding hydrogens is 210 g/mol. The molecule has 0 heterocycles. The maximum Gasteiger partial charge on any atom is 0.0962 e. The van der Waals surface area contributed by atoms with Gasteiger partial charge in [0.1, 0.15) is 0 Å². The zero-order valence-electron chi connectivity index (χ0n) is 11.6. The van der Waals surface area contributed by atoms with Gasteiger partial charge >= 0.3 is 0 Å². The van der Waals surface area contributed by atoms with Gasteiger partial charge in [-0.05, 0) is 32.2 Å². The van der Waals surface area contributed by atoms with Crippen LogP contribution >= 0.6 is 0 Å². The second-order valence-electron chi connectivity index (χ2n) is 5.59. The van der Waals surface area contributed by atoms with Crippen LogP contribution in [0.3, 0.4) is 0 Å². The monoisotopic (exact) mass is 237 g/mol.